The zero-order valence-corrected chi connectivity index (χ0v) is 11.9. The van der Waals surface area contributed by atoms with Gasteiger partial charge in [-0.2, -0.15) is 0 Å². The highest BCUT2D eigenvalue weighted by Gasteiger charge is 1.97. The van der Waals surface area contributed by atoms with Crippen LogP contribution < -0.4 is 5.73 Å². The number of hydrogen-bond acceptors (Lipinski definition) is 3. The van der Waals surface area contributed by atoms with Crippen molar-refractivity contribution >= 4 is 27.4 Å². The van der Waals surface area contributed by atoms with Crippen LogP contribution in [-0.4, -0.2) is 13.0 Å². The molecule has 0 unspecified atom stereocenters. The largest absolute Gasteiger partial charge is 0.744 e. The van der Waals surface area contributed by atoms with Crippen LogP contribution in [0.25, 0.3) is 0 Å². The van der Waals surface area contributed by atoms with E-state index in [4.69, 9.17) is 11.6 Å². The van der Waals surface area contributed by atoms with Crippen LogP contribution >= 0.6 is 11.6 Å². The lowest BCUT2D eigenvalue weighted by molar-refractivity contribution is -0.254. The summed E-state index contributed by atoms with van der Waals surface area (Å²) in [6.07, 6.45) is 0. The lowest BCUT2D eigenvalue weighted by atomic mass is 10.2. The molecule has 0 amide bonds. The van der Waals surface area contributed by atoms with Gasteiger partial charge >= 0.3 is 0 Å². The Balaban J connectivity index is 0.000000200. The molecule has 0 aliphatic heterocycles. The Hall–Kier alpha value is -1.40. The Morgan fingerprint density at radius 3 is 2.05 bits per heavy atom. The Bertz CT molecular complexity index is 622. The fourth-order valence-electron chi connectivity index (χ4n) is 1.24. The highest BCUT2D eigenvalue weighted by atomic mass is 35.5. The van der Waals surface area contributed by atoms with Crippen molar-refractivity contribution in [1.29, 1.82) is 0 Å². The topological polar surface area (TPSA) is 84.8 Å². The predicted molar refractivity (Wildman–Crippen MR) is 73.1 cm³/mol. The molecule has 19 heavy (non-hydrogen) atoms. The Morgan fingerprint density at radius 2 is 1.68 bits per heavy atom. The van der Waals surface area contributed by atoms with Gasteiger partial charge in [0.25, 0.3) is 0 Å². The normalized spacial score (nSPS) is 10.5. The van der Waals surface area contributed by atoms with Gasteiger partial charge in [0.1, 0.15) is 15.8 Å². The van der Waals surface area contributed by atoms with Gasteiger partial charge in [0.15, 0.2) is 0 Å². The standard InChI is InChI=1S/C7H8O3S.C6H6ClN/c1-6-2-4-7(5-3-6)11(8,9)10;7-5-2-1-3-6(8)4-5/h2-5H,1H3,(H,8,9,10);1-4H,8H2. The molecule has 0 spiro atoms. The maximum Gasteiger partial charge on any atom is 0.129 e. The van der Waals surface area contributed by atoms with Crippen LogP contribution in [0.2, 0.25) is 5.02 Å². The molecule has 0 aromatic heterocycles. The van der Waals surface area contributed by atoms with Crippen LogP contribution in [0.3, 0.4) is 0 Å². The van der Waals surface area contributed by atoms with E-state index >= 15 is 0 Å². The third-order valence-electron chi connectivity index (χ3n) is 2.20. The highest BCUT2D eigenvalue weighted by molar-refractivity contribution is 7.85. The molecule has 0 aliphatic carbocycles. The lowest BCUT2D eigenvalue weighted by Crippen LogP contribution is -2.39. The van der Waals surface area contributed by atoms with Gasteiger partial charge in [-0.3, -0.25) is 0 Å². The summed E-state index contributed by atoms with van der Waals surface area (Å²) in [4.78, 5) is -0.178. The molecule has 6 heteroatoms. The first-order chi connectivity index (χ1) is 8.79. The summed E-state index contributed by atoms with van der Waals surface area (Å²) < 4.78 is 31.2. The molecule has 0 saturated heterocycles. The van der Waals surface area contributed by atoms with Crippen molar-refractivity contribution in [3.63, 3.8) is 0 Å². The molecule has 0 heterocycles. The summed E-state index contributed by atoms with van der Waals surface area (Å²) in [7, 11) is -4.27. The van der Waals surface area contributed by atoms with Crippen molar-refractivity contribution in [3.05, 3.63) is 59.1 Å². The van der Waals surface area contributed by atoms with E-state index < -0.39 is 10.1 Å². The number of benzene rings is 2. The molecule has 0 saturated carbocycles. The fraction of sp³-hybridized carbons (Fsp3) is 0.0769. The van der Waals surface area contributed by atoms with Crippen molar-refractivity contribution in [1.82, 2.24) is 0 Å². The summed E-state index contributed by atoms with van der Waals surface area (Å²) in [5.41, 5.74) is 5.58. The van der Waals surface area contributed by atoms with Crippen LogP contribution in [0.5, 0.6) is 0 Å². The van der Waals surface area contributed by atoms with Gasteiger partial charge in [-0.25, -0.2) is 8.42 Å². The summed E-state index contributed by atoms with van der Waals surface area (Å²) in [6, 6.07) is 13.2. The smallest absolute Gasteiger partial charge is 0.129 e. The van der Waals surface area contributed by atoms with E-state index in [1.165, 1.54) is 12.1 Å². The maximum absolute atomic E-state index is 10.4. The minimum Gasteiger partial charge on any atom is -0.744 e. The van der Waals surface area contributed by atoms with Gasteiger partial charge < -0.3 is 10.3 Å². The van der Waals surface area contributed by atoms with Crippen molar-refractivity contribution in [2.75, 3.05) is 0 Å². The van der Waals surface area contributed by atoms with E-state index in [0.29, 0.717) is 0 Å². The molecule has 2 aromatic carbocycles. The van der Waals surface area contributed by atoms with Crippen LogP contribution in [-0.2, 0) is 10.1 Å². The van der Waals surface area contributed by atoms with E-state index in [9.17, 15) is 13.0 Å². The molecular formula is C13H14ClNO3S. The van der Waals surface area contributed by atoms with Gasteiger partial charge in [-0.1, -0.05) is 35.4 Å². The van der Waals surface area contributed by atoms with Gasteiger partial charge in [0.2, 0.25) is 0 Å². The average Bonchev–Trinajstić information content (AvgIpc) is 2.28. The van der Waals surface area contributed by atoms with E-state index in [0.717, 1.165) is 16.3 Å². The minimum absolute atomic E-state index is 0.178. The summed E-state index contributed by atoms with van der Waals surface area (Å²) in [6.45, 7) is 1.82. The predicted octanol–water partition coefficient (Wildman–Crippen LogP) is 2.11. The quantitative estimate of drug-likeness (QED) is 0.818. The van der Waals surface area contributed by atoms with Crippen molar-refractivity contribution in [2.24, 2.45) is 0 Å². The molecular weight excluding hydrogens is 286 g/mol. The van der Waals surface area contributed by atoms with Crippen LogP contribution in [0.1, 0.15) is 5.56 Å². The van der Waals surface area contributed by atoms with E-state index in [1.807, 2.05) is 31.2 Å². The lowest BCUT2D eigenvalue weighted by Gasteiger charge is -2.05. The molecule has 4 nitrogen and oxygen atoms in total. The second-order valence-electron chi connectivity index (χ2n) is 3.90. The van der Waals surface area contributed by atoms with Crippen LogP contribution in [0.15, 0.2) is 53.4 Å². The van der Waals surface area contributed by atoms with Crippen molar-refractivity contribution in [3.8, 4) is 0 Å². The SMILES string of the molecule is Cc1ccc(S(=O)(=O)[O-])cc1.[NH3+]c1cccc(Cl)c1. The Kier molecular flexibility index (Phi) is 5.50. The second-order valence-corrected chi connectivity index (χ2v) is 5.71. The zero-order chi connectivity index (χ0) is 14.5. The van der Waals surface area contributed by atoms with Gasteiger partial charge in [0, 0.05) is 11.1 Å². The zero-order valence-electron chi connectivity index (χ0n) is 10.3. The number of quaternary nitrogens is 1. The Labute approximate surface area is 117 Å². The summed E-state index contributed by atoms with van der Waals surface area (Å²) in [5.74, 6) is 0. The minimum atomic E-state index is -4.27. The Morgan fingerprint density at radius 1 is 1.11 bits per heavy atom. The van der Waals surface area contributed by atoms with E-state index in [1.54, 1.807) is 12.1 Å². The third kappa shape index (κ3) is 5.85. The van der Waals surface area contributed by atoms with E-state index in [-0.39, 0.29) is 4.90 Å². The third-order valence-corrected chi connectivity index (χ3v) is 3.28. The molecule has 3 N–H and O–H groups in total. The molecule has 0 atom stereocenters. The van der Waals surface area contributed by atoms with Crippen LogP contribution in [0.4, 0.5) is 5.69 Å². The summed E-state index contributed by atoms with van der Waals surface area (Å²) in [5, 5.41) is 0.748. The van der Waals surface area contributed by atoms with Gasteiger partial charge in [-0.05, 0) is 31.2 Å². The molecule has 0 radical (unpaired) electrons. The maximum atomic E-state index is 10.4. The number of halogens is 1. The molecule has 2 rings (SSSR count). The highest BCUT2D eigenvalue weighted by Crippen LogP contribution is 2.09. The van der Waals surface area contributed by atoms with Crippen LogP contribution in [0, 0.1) is 6.92 Å². The molecule has 102 valence electrons. The summed E-state index contributed by atoms with van der Waals surface area (Å²) >= 11 is 5.60. The number of rotatable bonds is 1. The van der Waals surface area contributed by atoms with Crippen molar-refractivity contribution in [2.45, 2.75) is 11.8 Å². The number of hydrogen-bond donors (Lipinski definition) is 1. The molecule has 0 aliphatic rings. The average molecular weight is 300 g/mol. The first-order valence-corrected chi connectivity index (χ1v) is 7.18. The number of aryl methyl sites for hydroxylation is 1. The second kappa shape index (κ2) is 6.68. The molecule has 0 bridgehead atoms. The first kappa shape index (κ1) is 15.7. The van der Waals surface area contributed by atoms with Gasteiger partial charge in [-0.15, -0.1) is 0 Å². The van der Waals surface area contributed by atoms with Crippen molar-refractivity contribution < 1.29 is 18.7 Å². The molecule has 0 fully saturated rings. The fourth-order valence-corrected chi connectivity index (χ4v) is 1.92. The monoisotopic (exact) mass is 299 g/mol. The first-order valence-electron chi connectivity index (χ1n) is 5.39. The molecule has 2 aromatic rings. The van der Waals surface area contributed by atoms with E-state index in [2.05, 4.69) is 5.73 Å². The van der Waals surface area contributed by atoms with Gasteiger partial charge in [0.05, 0.1) is 4.90 Å².